The van der Waals surface area contributed by atoms with Gasteiger partial charge in [0.05, 0.1) is 15.7 Å². The van der Waals surface area contributed by atoms with Crippen LogP contribution in [0.15, 0.2) is 76.9 Å². The van der Waals surface area contributed by atoms with Gasteiger partial charge in [-0.25, -0.2) is 18.9 Å². The molecule has 1 fully saturated rings. The Hall–Kier alpha value is -4.51. The first-order chi connectivity index (χ1) is 17.7. The van der Waals surface area contributed by atoms with E-state index in [1.165, 1.54) is 36.4 Å². The number of carboxylic acids is 1. The number of carbonyl (C=O) groups is 4. The van der Waals surface area contributed by atoms with Crippen LogP contribution in [0.3, 0.4) is 0 Å². The van der Waals surface area contributed by atoms with E-state index in [1.54, 1.807) is 36.4 Å². The normalized spacial score (nSPS) is 14.0. The van der Waals surface area contributed by atoms with Crippen LogP contribution in [-0.2, 0) is 16.2 Å². The number of rotatable bonds is 8. The average molecular weight is 568 g/mol. The van der Waals surface area contributed by atoms with Gasteiger partial charge in [0.2, 0.25) is 5.91 Å². The van der Waals surface area contributed by atoms with Crippen LogP contribution in [0.5, 0.6) is 5.75 Å². The van der Waals surface area contributed by atoms with E-state index in [0.717, 1.165) is 10.5 Å². The van der Waals surface area contributed by atoms with Gasteiger partial charge in [-0.1, -0.05) is 30.3 Å². The molecule has 0 radical (unpaired) electrons. The zero-order valence-corrected chi connectivity index (χ0v) is 20.6. The third kappa shape index (κ3) is 6.19. The average Bonchev–Trinajstić information content (AvgIpc) is 3.12. The molecule has 1 aliphatic rings. The van der Waals surface area contributed by atoms with Crippen molar-refractivity contribution in [2.24, 2.45) is 0 Å². The summed E-state index contributed by atoms with van der Waals surface area (Å²) in [7, 11) is 0. The lowest BCUT2D eigenvalue weighted by Crippen LogP contribution is -2.38. The summed E-state index contributed by atoms with van der Waals surface area (Å²) in [6.45, 7) is -0.377. The zero-order valence-electron chi connectivity index (χ0n) is 19.0. The van der Waals surface area contributed by atoms with Gasteiger partial charge in [-0.15, -0.1) is 0 Å². The summed E-state index contributed by atoms with van der Waals surface area (Å²) in [6, 6.07) is 16.1. The van der Waals surface area contributed by atoms with E-state index in [4.69, 9.17) is 9.84 Å². The number of aromatic carboxylic acids is 1. The summed E-state index contributed by atoms with van der Waals surface area (Å²) < 4.78 is 20.1. The van der Waals surface area contributed by atoms with Crippen LogP contribution in [0.4, 0.5) is 14.9 Å². The maximum Gasteiger partial charge on any atom is 0.335 e. The highest BCUT2D eigenvalue weighted by Gasteiger charge is 2.35. The molecule has 188 valence electrons. The number of carbonyl (C=O) groups excluding carboxylic acids is 3. The summed E-state index contributed by atoms with van der Waals surface area (Å²) in [4.78, 5) is 48.9. The van der Waals surface area contributed by atoms with Crippen LogP contribution in [0.25, 0.3) is 6.08 Å². The highest BCUT2D eigenvalue weighted by molar-refractivity contribution is 9.10. The smallest absolute Gasteiger partial charge is 0.335 e. The summed E-state index contributed by atoms with van der Waals surface area (Å²) in [5.74, 6) is -2.56. The SMILES string of the molecule is O=C(CN1C(=O)N/C(=C/c2ccc(OCc3ccc(C(=O)O)cc3)c(Br)c2)C1=O)Nc1ccccc1F. The number of para-hydroxylation sites is 1. The van der Waals surface area contributed by atoms with Gasteiger partial charge in [-0.05, 0) is 69.5 Å². The fraction of sp³-hybridized carbons (Fsp3) is 0.0769. The molecule has 37 heavy (non-hydrogen) atoms. The van der Waals surface area contributed by atoms with Crippen molar-refractivity contribution in [1.29, 1.82) is 0 Å². The third-order valence-corrected chi connectivity index (χ3v) is 5.89. The van der Waals surface area contributed by atoms with Crippen molar-refractivity contribution >= 4 is 51.5 Å². The van der Waals surface area contributed by atoms with E-state index in [1.807, 2.05) is 0 Å². The highest BCUT2D eigenvalue weighted by atomic mass is 79.9. The predicted octanol–water partition coefficient (Wildman–Crippen LogP) is 4.40. The number of nitrogens with zero attached hydrogens (tertiary/aromatic N) is 1. The number of carboxylic acid groups (broad SMARTS) is 1. The number of hydrogen-bond acceptors (Lipinski definition) is 5. The molecule has 0 aromatic heterocycles. The van der Waals surface area contributed by atoms with Gasteiger partial charge in [0.25, 0.3) is 5.91 Å². The molecule has 3 aromatic carbocycles. The van der Waals surface area contributed by atoms with Crippen LogP contribution in [-0.4, -0.2) is 40.4 Å². The molecule has 3 N–H and O–H groups in total. The maximum atomic E-state index is 13.7. The number of amides is 4. The van der Waals surface area contributed by atoms with E-state index in [0.29, 0.717) is 15.8 Å². The number of urea groups is 1. The molecule has 1 saturated heterocycles. The lowest BCUT2D eigenvalue weighted by molar-refractivity contribution is -0.127. The van der Waals surface area contributed by atoms with Gasteiger partial charge >= 0.3 is 12.0 Å². The minimum Gasteiger partial charge on any atom is -0.488 e. The molecule has 4 rings (SSSR count). The third-order valence-electron chi connectivity index (χ3n) is 5.27. The Morgan fingerprint density at radius 1 is 1.08 bits per heavy atom. The Labute approximate surface area is 218 Å². The van der Waals surface area contributed by atoms with E-state index < -0.39 is 36.2 Å². The molecule has 0 atom stereocenters. The molecule has 0 spiro atoms. The molecular weight excluding hydrogens is 549 g/mol. The number of benzene rings is 3. The van der Waals surface area contributed by atoms with Crippen molar-refractivity contribution in [3.05, 3.63) is 99.4 Å². The van der Waals surface area contributed by atoms with Crippen LogP contribution in [0.1, 0.15) is 21.5 Å². The Bertz CT molecular complexity index is 1420. The fourth-order valence-corrected chi connectivity index (χ4v) is 3.92. The van der Waals surface area contributed by atoms with Gasteiger partial charge in [-0.3, -0.25) is 9.59 Å². The second-order valence-corrected chi connectivity index (χ2v) is 8.74. The summed E-state index contributed by atoms with van der Waals surface area (Å²) in [5.41, 5.74) is 1.45. The maximum absolute atomic E-state index is 13.7. The molecule has 3 aromatic rings. The van der Waals surface area contributed by atoms with Crippen LogP contribution < -0.4 is 15.4 Å². The van der Waals surface area contributed by atoms with Crippen molar-refractivity contribution in [2.45, 2.75) is 6.61 Å². The number of halogens is 2. The van der Waals surface area contributed by atoms with Gasteiger partial charge in [-0.2, -0.15) is 0 Å². The van der Waals surface area contributed by atoms with Gasteiger partial charge in [0.15, 0.2) is 0 Å². The number of ether oxygens (including phenoxy) is 1. The van der Waals surface area contributed by atoms with E-state index in [2.05, 4.69) is 26.6 Å². The first-order valence-corrected chi connectivity index (χ1v) is 11.6. The molecule has 1 aliphatic heterocycles. The van der Waals surface area contributed by atoms with Crippen molar-refractivity contribution < 1.29 is 33.4 Å². The van der Waals surface area contributed by atoms with Crippen LogP contribution in [0.2, 0.25) is 0 Å². The lowest BCUT2D eigenvalue weighted by Gasteiger charge is -2.12. The second kappa shape index (κ2) is 11.0. The van der Waals surface area contributed by atoms with Crippen LogP contribution >= 0.6 is 15.9 Å². The Morgan fingerprint density at radius 2 is 1.81 bits per heavy atom. The van der Waals surface area contributed by atoms with Gasteiger partial charge in [0, 0.05) is 0 Å². The van der Waals surface area contributed by atoms with E-state index in [9.17, 15) is 23.6 Å². The van der Waals surface area contributed by atoms with Crippen molar-refractivity contribution in [3.63, 3.8) is 0 Å². The Balaban J connectivity index is 1.39. The van der Waals surface area contributed by atoms with Gasteiger partial charge in [0.1, 0.15) is 30.4 Å². The standard InChI is InChI=1S/C26H19BrFN3O6/c27-18-11-16(7-10-22(18)37-14-15-5-8-17(9-6-15)25(34)35)12-21-24(33)31(26(36)30-21)13-23(32)29-20-4-2-1-3-19(20)28/h1-12H,13-14H2,(H,29,32)(H,30,36)(H,34,35)/b21-12+. The summed E-state index contributed by atoms with van der Waals surface area (Å²) in [5, 5.41) is 13.7. The molecule has 4 amide bonds. The Morgan fingerprint density at radius 3 is 2.49 bits per heavy atom. The minimum absolute atomic E-state index is 0.0252. The monoisotopic (exact) mass is 567 g/mol. The number of imide groups is 1. The topological polar surface area (TPSA) is 125 Å². The molecule has 0 aliphatic carbocycles. The summed E-state index contributed by atoms with van der Waals surface area (Å²) >= 11 is 3.41. The van der Waals surface area contributed by atoms with E-state index >= 15 is 0 Å². The molecular formula is C26H19BrFN3O6. The van der Waals surface area contributed by atoms with E-state index in [-0.39, 0.29) is 23.6 Å². The lowest BCUT2D eigenvalue weighted by atomic mass is 10.1. The predicted molar refractivity (Wildman–Crippen MR) is 135 cm³/mol. The molecule has 0 bridgehead atoms. The van der Waals surface area contributed by atoms with Crippen LogP contribution in [0, 0.1) is 5.82 Å². The Kier molecular flexibility index (Phi) is 7.63. The largest absolute Gasteiger partial charge is 0.488 e. The number of hydrogen-bond donors (Lipinski definition) is 3. The fourth-order valence-electron chi connectivity index (χ4n) is 3.41. The number of anilines is 1. The molecule has 11 heteroatoms. The molecule has 1 heterocycles. The second-order valence-electron chi connectivity index (χ2n) is 7.89. The quantitative estimate of drug-likeness (QED) is 0.274. The minimum atomic E-state index is -1.01. The first kappa shape index (κ1) is 25.6. The molecule has 9 nitrogen and oxygen atoms in total. The van der Waals surface area contributed by atoms with Crippen molar-refractivity contribution in [3.8, 4) is 5.75 Å². The highest BCUT2D eigenvalue weighted by Crippen LogP contribution is 2.28. The first-order valence-electron chi connectivity index (χ1n) is 10.8. The zero-order chi connectivity index (χ0) is 26.5. The van der Waals surface area contributed by atoms with Crippen molar-refractivity contribution in [2.75, 3.05) is 11.9 Å². The summed E-state index contributed by atoms with van der Waals surface area (Å²) in [6.07, 6.45) is 1.45. The van der Waals surface area contributed by atoms with Gasteiger partial charge < -0.3 is 20.5 Å². The molecule has 0 saturated carbocycles. The molecule has 0 unspecified atom stereocenters. The van der Waals surface area contributed by atoms with Crippen molar-refractivity contribution in [1.82, 2.24) is 10.2 Å². The number of nitrogens with one attached hydrogen (secondary N) is 2.